The van der Waals surface area contributed by atoms with Gasteiger partial charge in [-0.3, -0.25) is 0 Å². The summed E-state index contributed by atoms with van der Waals surface area (Å²) >= 11 is 0. The van der Waals surface area contributed by atoms with Crippen molar-refractivity contribution in [2.45, 2.75) is 24.9 Å². The highest BCUT2D eigenvalue weighted by Crippen LogP contribution is 2.30. The summed E-state index contributed by atoms with van der Waals surface area (Å²) in [7, 11) is 3.94. The Morgan fingerprint density at radius 1 is 1.56 bits per heavy atom. The third-order valence-electron chi connectivity index (χ3n) is 2.39. The number of carbonyl (C=O) groups excluding carboxylic acids is 1. The predicted octanol–water partition coefficient (Wildman–Crippen LogP) is 0.478. The van der Waals surface area contributed by atoms with Crippen LogP contribution in [-0.4, -0.2) is 56.6 Å². The Kier molecular flexibility index (Phi) is 4.61. The van der Waals surface area contributed by atoms with Gasteiger partial charge in [-0.2, -0.15) is 8.78 Å². The van der Waals surface area contributed by atoms with Crippen molar-refractivity contribution >= 4 is 5.97 Å². The Morgan fingerprint density at radius 2 is 2.25 bits per heavy atom. The molecule has 6 heteroatoms. The van der Waals surface area contributed by atoms with Crippen LogP contribution >= 0.6 is 0 Å². The summed E-state index contributed by atoms with van der Waals surface area (Å²) in [4.78, 5) is 12.7. The van der Waals surface area contributed by atoms with E-state index in [0.29, 0.717) is 6.54 Å². The van der Waals surface area contributed by atoms with Crippen LogP contribution in [0.2, 0.25) is 0 Å². The lowest BCUT2D eigenvalue weighted by atomic mass is 10.2. The molecule has 0 saturated carbocycles. The monoisotopic (exact) mass is 236 g/mol. The lowest BCUT2D eigenvalue weighted by Gasteiger charge is -2.12. The average molecular weight is 236 g/mol. The fourth-order valence-electron chi connectivity index (χ4n) is 1.55. The Labute approximate surface area is 93.9 Å². The first-order valence-corrected chi connectivity index (χ1v) is 5.36. The minimum Gasteiger partial charge on any atom is -0.456 e. The Bertz CT molecular complexity index is 247. The van der Waals surface area contributed by atoms with Crippen LogP contribution in [0.5, 0.6) is 0 Å². The third kappa shape index (κ3) is 4.02. The molecule has 1 unspecified atom stereocenters. The van der Waals surface area contributed by atoms with Crippen LogP contribution in [0.4, 0.5) is 8.78 Å². The highest BCUT2D eigenvalue weighted by atomic mass is 19.3. The highest BCUT2D eigenvalue weighted by Gasteiger charge is 2.50. The van der Waals surface area contributed by atoms with E-state index in [1.807, 2.05) is 19.0 Å². The van der Waals surface area contributed by atoms with Gasteiger partial charge in [-0.25, -0.2) is 4.79 Å². The maximum Gasteiger partial charge on any atom is 0.377 e. The van der Waals surface area contributed by atoms with Crippen molar-refractivity contribution in [3.05, 3.63) is 0 Å². The maximum atomic E-state index is 12.8. The van der Waals surface area contributed by atoms with Crippen LogP contribution in [0.3, 0.4) is 0 Å². The molecule has 0 bridgehead atoms. The summed E-state index contributed by atoms with van der Waals surface area (Å²) in [6.07, 6.45) is -0.266. The van der Waals surface area contributed by atoms with Crippen molar-refractivity contribution in [2.24, 2.45) is 0 Å². The molecular weight excluding hydrogens is 218 g/mol. The van der Waals surface area contributed by atoms with Crippen LogP contribution in [0.25, 0.3) is 0 Å². The Morgan fingerprint density at radius 3 is 2.75 bits per heavy atom. The summed E-state index contributed by atoms with van der Waals surface area (Å²) in [5, 5.41) is 3.00. The third-order valence-corrected chi connectivity index (χ3v) is 2.39. The number of nitrogens with one attached hydrogen (secondary N) is 1. The number of cyclic esters (lactones) is 1. The average Bonchev–Trinajstić information content (AvgIpc) is 2.39. The molecule has 1 N–H and O–H groups in total. The maximum absolute atomic E-state index is 12.8. The molecule has 0 radical (unpaired) electrons. The minimum absolute atomic E-state index is 0.300. The largest absolute Gasteiger partial charge is 0.456 e. The van der Waals surface area contributed by atoms with Gasteiger partial charge in [-0.15, -0.1) is 0 Å². The number of hydrogen-bond donors (Lipinski definition) is 1. The van der Waals surface area contributed by atoms with E-state index in [9.17, 15) is 13.6 Å². The van der Waals surface area contributed by atoms with E-state index in [2.05, 4.69) is 10.1 Å². The van der Waals surface area contributed by atoms with Crippen molar-refractivity contribution in [2.75, 3.05) is 33.7 Å². The first-order chi connectivity index (χ1) is 7.42. The van der Waals surface area contributed by atoms with Crippen LogP contribution in [0, 0.1) is 0 Å². The van der Waals surface area contributed by atoms with Gasteiger partial charge in [0.05, 0.1) is 6.42 Å². The topological polar surface area (TPSA) is 41.6 Å². The molecule has 16 heavy (non-hydrogen) atoms. The smallest absolute Gasteiger partial charge is 0.377 e. The molecule has 0 amide bonds. The molecule has 1 fully saturated rings. The summed E-state index contributed by atoms with van der Waals surface area (Å²) in [6.45, 7) is 1.97. The second kappa shape index (κ2) is 5.54. The van der Waals surface area contributed by atoms with Gasteiger partial charge in [0, 0.05) is 6.54 Å². The number of carbonyl (C=O) groups is 1. The van der Waals surface area contributed by atoms with Crippen LogP contribution < -0.4 is 5.32 Å². The standard InChI is InChI=1S/C10H18F2N2O2/c1-14(2)5-3-4-13-7-8-6-10(11,12)9(15)16-8/h8,13H,3-7H2,1-2H3. The van der Waals surface area contributed by atoms with Gasteiger partial charge in [0.25, 0.3) is 0 Å². The second-order valence-corrected chi connectivity index (χ2v) is 4.30. The van der Waals surface area contributed by atoms with E-state index in [0.717, 1.165) is 19.5 Å². The molecule has 0 aromatic rings. The number of esters is 1. The van der Waals surface area contributed by atoms with Gasteiger partial charge in [-0.05, 0) is 33.6 Å². The van der Waals surface area contributed by atoms with Crippen molar-refractivity contribution in [1.29, 1.82) is 0 Å². The van der Waals surface area contributed by atoms with E-state index in [4.69, 9.17) is 0 Å². The molecule has 1 aliphatic heterocycles. The van der Waals surface area contributed by atoms with Crippen molar-refractivity contribution in [3.63, 3.8) is 0 Å². The van der Waals surface area contributed by atoms with Gasteiger partial charge in [-0.1, -0.05) is 0 Å². The Balaban J connectivity index is 2.09. The van der Waals surface area contributed by atoms with E-state index < -0.39 is 24.4 Å². The zero-order valence-electron chi connectivity index (χ0n) is 9.63. The molecule has 1 rings (SSSR count). The fourth-order valence-corrected chi connectivity index (χ4v) is 1.55. The minimum atomic E-state index is -3.30. The number of ether oxygens (including phenoxy) is 1. The zero-order chi connectivity index (χ0) is 12.2. The van der Waals surface area contributed by atoms with Gasteiger partial charge in [0.15, 0.2) is 0 Å². The molecule has 1 aliphatic rings. The lowest BCUT2D eigenvalue weighted by molar-refractivity contribution is -0.158. The van der Waals surface area contributed by atoms with Gasteiger partial charge >= 0.3 is 11.9 Å². The molecular formula is C10H18F2N2O2. The molecule has 1 saturated heterocycles. The number of halogens is 2. The first kappa shape index (κ1) is 13.3. The van der Waals surface area contributed by atoms with Crippen molar-refractivity contribution in [1.82, 2.24) is 10.2 Å². The molecule has 1 atom stereocenters. The lowest BCUT2D eigenvalue weighted by Crippen LogP contribution is -2.29. The van der Waals surface area contributed by atoms with Crippen molar-refractivity contribution < 1.29 is 18.3 Å². The number of rotatable bonds is 6. The van der Waals surface area contributed by atoms with E-state index in [1.54, 1.807) is 0 Å². The summed E-state index contributed by atoms with van der Waals surface area (Å²) < 4.78 is 30.1. The normalized spacial score (nSPS) is 23.8. The van der Waals surface area contributed by atoms with Gasteiger partial charge in [0.1, 0.15) is 6.10 Å². The molecule has 1 heterocycles. The molecule has 0 aromatic heterocycles. The predicted molar refractivity (Wildman–Crippen MR) is 55.5 cm³/mol. The molecule has 4 nitrogen and oxygen atoms in total. The second-order valence-electron chi connectivity index (χ2n) is 4.30. The van der Waals surface area contributed by atoms with Crippen LogP contribution in [-0.2, 0) is 9.53 Å². The van der Waals surface area contributed by atoms with Crippen LogP contribution in [0.1, 0.15) is 12.8 Å². The number of nitrogens with zero attached hydrogens (tertiary/aromatic N) is 1. The number of alkyl halides is 2. The van der Waals surface area contributed by atoms with Gasteiger partial charge < -0.3 is 15.0 Å². The fraction of sp³-hybridized carbons (Fsp3) is 0.900. The SMILES string of the molecule is CN(C)CCCNCC1CC(F)(F)C(=O)O1. The first-order valence-electron chi connectivity index (χ1n) is 5.36. The Hall–Kier alpha value is -0.750. The van der Waals surface area contributed by atoms with Crippen molar-refractivity contribution in [3.8, 4) is 0 Å². The van der Waals surface area contributed by atoms with Crippen LogP contribution in [0.15, 0.2) is 0 Å². The summed E-state index contributed by atoms with van der Waals surface area (Å²) in [6, 6.07) is 0. The highest BCUT2D eigenvalue weighted by molar-refractivity contribution is 5.79. The summed E-state index contributed by atoms with van der Waals surface area (Å²) in [5.41, 5.74) is 0. The number of hydrogen-bond acceptors (Lipinski definition) is 4. The summed E-state index contributed by atoms with van der Waals surface area (Å²) in [5.74, 6) is -4.69. The zero-order valence-corrected chi connectivity index (χ0v) is 9.63. The molecule has 0 aliphatic carbocycles. The quantitative estimate of drug-likeness (QED) is 0.538. The van der Waals surface area contributed by atoms with Gasteiger partial charge in [0.2, 0.25) is 0 Å². The molecule has 0 spiro atoms. The van der Waals surface area contributed by atoms with E-state index in [-0.39, 0.29) is 0 Å². The van der Waals surface area contributed by atoms with E-state index in [1.165, 1.54) is 0 Å². The molecule has 0 aromatic carbocycles. The van der Waals surface area contributed by atoms with E-state index >= 15 is 0 Å². The molecule has 94 valence electrons.